The fourth-order valence-electron chi connectivity index (χ4n) is 1.63. The highest BCUT2D eigenvalue weighted by Crippen LogP contribution is 2.24. The molecule has 128 valence electrons. The highest BCUT2D eigenvalue weighted by atomic mass is 79.9. The zero-order valence-corrected chi connectivity index (χ0v) is 17.6. The Bertz CT molecular complexity index is 751. The Morgan fingerprint density at radius 3 is 2.08 bits per heavy atom. The van der Waals surface area contributed by atoms with E-state index in [-0.39, 0.29) is 11.5 Å². The predicted molar refractivity (Wildman–Crippen MR) is 106 cm³/mol. The maximum Gasteiger partial charge on any atom is 0.339 e. The third-order valence-electron chi connectivity index (χ3n) is 2.76. The van der Waals surface area contributed by atoms with Crippen LogP contribution in [0, 0.1) is 0 Å². The van der Waals surface area contributed by atoms with Crippen molar-refractivity contribution in [2.75, 3.05) is 13.4 Å². The molecular formula is C16H14Br2O4S2. The molecule has 0 radical (unpaired) electrons. The van der Waals surface area contributed by atoms with Gasteiger partial charge in [0.25, 0.3) is 0 Å². The van der Waals surface area contributed by atoms with Gasteiger partial charge in [-0.1, -0.05) is 31.9 Å². The zero-order valence-electron chi connectivity index (χ0n) is 12.7. The van der Waals surface area contributed by atoms with Crippen molar-refractivity contribution in [2.45, 2.75) is 9.79 Å². The molecule has 0 spiro atoms. The standard InChI is InChI=1S/C9H9BrO2S.C7H5BrO2S/c1-12-9(11)7-5-6(10)3-4-8(7)13-2;8-4-1-2-6(11)5(3-4)7(9)10/h3-5H,1-2H3;1-3,11H,(H,9,10). The molecule has 0 unspecified atom stereocenters. The SMILES string of the molecule is COC(=O)c1cc(Br)ccc1SC.O=C(O)c1cc(Br)ccc1S. The van der Waals surface area contributed by atoms with Gasteiger partial charge in [-0.15, -0.1) is 24.4 Å². The van der Waals surface area contributed by atoms with Crippen molar-refractivity contribution < 1.29 is 19.4 Å². The highest BCUT2D eigenvalue weighted by molar-refractivity contribution is 9.10. The van der Waals surface area contributed by atoms with E-state index in [4.69, 9.17) is 5.11 Å². The van der Waals surface area contributed by atoms with Crippen LogP contribution < -0.4 is 0 Å². The molecule has 0 saturated heterocycles. The molecule has 2 rings (SSSR count). The number of ether oxygens (including phenoxy) is 1. The van der Waals surface area contributed by atoms with Gasteiger partial charge in [-0.3, -0.25) is 0 Å². The molecule has 0 atom stereocenters. The van der Waals surface area contributed by atoms with E-state index in [1.165, 1.54) is 24.9 Å². The Morgan fingerprint density at radius 1 is 1.08 bits per heavy atom. The van der Waals surface area contributed by atoms with Gasteiger partial charge in [0.2, 0.25) is 0 Å². The lowest BCUT2D eigenvalue weighted by atomic mass is 10.2. The molecule has 0 fully saturated rings. The Morgan fingerprint density at radius 2 is 1.62 bits per heavy atom. The van der Waals surface area contributed by atoms with Crippen molar-refractivity contribution in [2.24, 2.45) is 0 Å². The Kier molecular flexibility index (Phi) is 8.90. The summed E-state index contributed by atoms with van der Waals surface area (Å²) in [6, 6.07) is 10.5. The second kappa shape index (κ2) is 10.1. The second-order valence-corrected chi connectivity index (χ2v) is 7.46. The van der Waals surface area contributed by atoms with Crippen molar-refractivity contribution in [3.05, 3.63) is 56.5 Å². The van der Waals surface area contributed by atoms with E-state index < -0.39 is 5.97 Å². The van der Waals surface area contributed by atoms with Crippen molar-refractivity contribution in [3.63, 3.8) is 0 Å². The third kappa shape index (κ3) is 6.16. The molecule has 0 amide bonds. The molecule has 24 heavy (non-hydrogen) atoms. The van der Waals surface area contributed by atoms with E-state index in [1.54, 1.807) is 18.2 Å². The minimum atomic E-state index is -0.962. The number of esters is 1. The van der Waals surface area contributed by atoms with Crippen LogP contribution in [0.3, 0.4) is 0 Å². The number of methoxy groups -OCH3 is 1. The number of halogens is 2. The largest absolute Gasteiger partial charge is 0.478 e. The van der Waals surface area contributed by atoms with Crippen LogP contribution in [0.4, 0.5) is 0 Å². The van der Waals surface area contributed by atoms with E-state index in [9.17, 15) is 9.59 Å². The number of thiol groups is 1. The summed E-state index contributed by atoms with van der Waals surface area (Å²) in [5, 5.41) is 8.62. The van der Waals surface area contributed by atoms with Crippen molar-refractivity contribution in [1.29, 1.82) is 0 Å². The molecule has 4 nitrogen and oxygen atoms in total. The molecule has 0 aliphatic carbocycles. The average molecular weight is 494 g/mol. The quantitative estimate of drug-likeness (QED) is 0.340. The number of carboxylic acid groups (broad SMARTS) is 1. The average Bonchev–Trinajstić information content (AvgIpc) is 2.56. The molecule has 0 saturated carbocycles. The molecular weight excluding hydrogens is 480 g/mol. The first-order valence-electron chi connectivity index (χ1n) is 6.43. The maximum atomic E-state index is 11.3. The van der Waals surface area contributed by atoms with Gasteiger partial charge in [-0.05, 0) is 42.7 Å². The van der Waals surface area contributed by atoms with Crippen molar-refractivity contribution >= 4 is 68.2 Å². The number of hydrogen-bond donors (Lipinski definition) is 2. The molecule has 0 aliphatic heterocycles. The van der Waals surface area contributed by atoms with Gasteiger partial charge in [0.05, 0.1) is 18.2 Å². The Balaban J connectivity index is 0.000000243. The van der Waals surface area contributed by atoms with E-state index >= 15 is 0 Å². The molecule has 0 aromatic heterocycles. The number of carbonyl (C=O) groups is 2. The first-order valence-corrected chi connectivity index (χ1v) is 9.69. The fourth-order valence-corrected chi connectivity index (χ4v) is 3.15. The monoisotopic (exact) mass is 492 g/mol. The smallest absolute Gasteiger partial charge is 0.339 e. The van der Waals surface area contributed by atoms with Gasteiger partial charge < -0.3 is 9.84 Å². The van der Waals surface area contributed by atoms with E-state index in [0.717, 1.165) is 13.8 Å². The van der Waals surface area contributed by atoms with Gasteiger partial charge in [0, 0.05) is 18.7 Å². The lowest BCUT2D eigenvalue weighted by Gasteiger charge is -2.05. The number of hydrogen-bond acceptors (Lipinski definition) is 5. The minimum absolute atomic E-state index is 0.211. The number of rotatable bonds is 3. The summed E-state index contributed by atoms with van der Waals surface area (Å²) in [7, 11) is 1.38. The minimum Gasteiger partial charge on any atom is -0.478 e. The molecule has 8 heteroatoms. The highest BCUT2D eigenvalue weighted by Gasteiger charge is 2.11. The number of benzene rings is 2. The van der Waals surface area contributed by atoms with Gasteiger partial charge in [0.1, 0.15) is 0 Å². The van der Waals surface area contributed by atoms with Crippen LogP contribution in [0.5, 0.6) is 0 Å². The zero-order chi connectivity index (χ0) is 18.3. The molecule has 0 aliphatic rings. The summed E-state index contributed by atoms with van der Waals surface area (Å²) in [6.45, 7) is 0. The lowest BCUT2D eigenvalue weighted by molar-refractivity contribution is 0.0595. The fraction of sp³-hybridized carbons (Fsp3) is 0.125. The lowest BCUT2D eigenvalue weighted by Crippen LogP contribution is -2.02. The van der Waals surface area contributed by atoms with Crippen LogP contribution in [0.15, 0.2) is 55.1 Å². The summed E-state index contributed by atoms with van der Waals surface area (Å²) in [6.07, 6.45) is 1.93. The molecule has 1 N–H and O–H groups in total. The molecule has 2 aromatic carbocycles. The molecule has 2 aromatic rings. The maximum absolute atomic E-state index is 11.3. The second-order valence-electron chi connectivity index (χ2n) is 4.30. The van der Waals surface area contributed by atoms with Crippen LogP contribution >= 0.6 is 56.3 Å². The third-order valence-corrected chi connectivity index (χ3v) is 4.93. The summed E-state index contributed by atoms with van der Waals surface area (Å²) in [4.78, 5) is 23.2. The Labute approximate surface area is 166 Å². The van der Waals surface area contributed by atoms with Gasteiger partial charge in [0.15, 0.2) is 0 Å². The van der Waals surface area contributed by atoms with E-state index in [0.29, 0.717) is 10.5 Å². The number of aromatic carboxylic acids is 1. The van der Waals surface area contributed by atoms with Crippen molar-refractivity contribution in [3.8, 4) is 0 Å². The number of thioether (sulfide) groups is 1. The van der Waals surface area contributed by atoms with Gasteiger partial charge in [-0.2, -0.15) is 0 Å². The topological polar surface area (TPSA) is 63.6 Å². The van der Waals surface area contributed by atoms with E-state index in [2.05, 4.69) is 49.2 Å². The van der Waals surface area contributed by atoms with Crippen LogP contribution in [-0.4, -0.2) is 30.4 Å². The summed E-state index contributed by atoms with van der Waals surface area (Å²) in [5.41, 5.74) is 0.812. The van der Waals surface area contributed by atoms with Gasteiger partial charge >= 0.3 is 11.9 Å². The molecule has 0 heterocycles. The number of carbonyl (C=O) groups excluding carboxylic acids is 1. The van der Waals surface area contributed by atoms with Crippen LogP contribution in [0.1, 0.15) is 20.7 Å². The number of carboxylic acids is 1. The summed E-state index contributed by atoms with van der Waals surface area (Å²) < 4.78 is 6.28. The first-order chi connectivity index (χ1) is 11.3. The first kappa shape index (κ1) is 21.1. The predicted octanol–water partition coefficient (Wildman–Crippen LogP) is 5.39. The van der Waals surface area contributed by atoms with Crippen molar-refractivity contribution in [1.82, 2.24) is 0 Å². The van der Waals surface area contributed by atoms with Crippen LogP contribution in [0.25, 0.3) is 0 Å². The molecule has 0 bridgehead atoms. The summed E-state index contributed by atoms with van der Waals surface area (Å²) in [5.74, 6) is -1.26. The van der Waals surface area contributed by atoms with Crippen LogP contribution in [-0.2, 0) is 4.74 Å². The van der Waals surface area contributed by atoms with Crippen LogP contribution in [0.2, 0.25) is 0 Å². The normalized spacial score (nSPS) is 9.71. The van der Waals surface area contributed by atoms with Gasteiger partial charge in [-0.25, -0.2) is 9.59 Å². The Hall–Kier alpha value is -0.960. The summed E-state index contributed by atoms with van der Waals surface area (Å²) >= 11 is 12.0. The van der Waals surface area contributed by atoms with E-state index in [1.807, 2.05) is 18.4 Å².